The average molecular weight is 194 g/mol. The van der Waals surface area contributed by atoms with E-state index in [1.165, 1.54) is 0 Å². The molecule has 74 valence electrons. The Morgan fingerprint density at radius 2 is 2.43 bits per heavy atom. The zero-order valence-corrected chi connectivity index (χ0v) is 7.69. The van der Waals surface area contributed by atoms with Crippen molar-refractivity contribution in [3.63, 3.8) is 0 Å². The van der Waals surface area contributed by atoms with Crippen molar-refractivity contribution >= 4 is 5.97 Å². The minimum Gasteiger partial charge on any atom is -0.497 e. The van der Waals surface area contributed by atoms with E-state index in [1.54, 1.807) is 25.3 Å². The van der Waals surface area contributed by atoms with E-state index in [1.807, 2.05) is 0 Å². The number of carbonyl (C=O) groups is 1. The van der Waals surface area contributed by atoms with Crippen LogP contribution in [0.2, 0.25) is 0 Å². The minimum atomic E-state index is -0.930. The van der Waals surface area contributed by atoms with Gasteiger partial charge in [0.25, 0.3) is 0 Å². The van der Waals surface area contributed by atoms with Gasteiger partial charge in [-0.3, -0.25) is 0 Å². The van der Waals surface area contributed by atoms with E-state index in [-0.39, 0.29) is 0 Å². The molecule has 1 aromatic carbocycles. The van der Waals surface area contributed by atoms with Crippen LogP contribution in [-0.2, 0) is 11.2 Å². The number of fused-ring (bicyclic) bond motifs is 1. The number of aliphatic carboxylic acids is 1. The van der Waals surface area contributed by atoms with Gasteiger partial charge >= 0.3 is 5.97 Å². The van der Waals surface area contributed by atoms with Gasteiger partial charge in [-0.15, -0.1) is 0 Å². The molecule has 0 amide bonds. The van der Waals surface area contributed by atoms with E-state index in [0.717, 1.165) is 11.3 Å². The standard InChI is InChI=1S/C10H10O4/c1-13-7-2-3-8-6(4-7)5-9(14-8)10(11)12/h2-4,9H,5H2,1H3,(H,11,12). The molecule has 14 heavy (non-hydrogen) atoms. The fraction of sp³-hybridized carbons (Fsp3) is 0.300. The van der Waals surface area contributed by atoms with Crippen molar-refractivity contribution in [2.45, 2.75) is 12.5 Å². The molecule has 1 aliphatic rings. The molecule has 4 nitrogen and oxygen atoms in total. The maximum absolute atomic E-state index is 10.7. The van der Waals surface area contributed by atoms with Crippen LogP contribution in [-0.4, -0.2) is 24.3 Å². The summed E-state index contributed by atoms with van der Waals surface area (Å²) < 4.78 is 10.2. The molecule has 1 aromatic rings. The topological polar surface area (TPSA) is 55.8 Å². The quantitative estimate of drug-likeness (QED) is 0.765. The lowest BCUT2D eigenvalue weighted by molar-refractivity contribution is -0.144. The van der Waals surface area contributed by atoms with Crippen molar-refractivity contribution in [1.82, 2.24) is 0 Å². The van der Waals surface area contributed by atoms with E-state index < -0.39 is 12.1 Å². The SMILES string of the molecule is COc1ccc2c(c1)CC(C(=O)O)O2. The third kappa shape index (κ3) is 1.39. The summed E-state index contributed by atoms with van der Waals surface area (Å²) in [5.41, 5.74) is 0.886. The Morgan fingerprint density at radius 1 is 1.64 bits per heavy atom. The lowest BCUT2D eigenvalue weighted by atomic mass is 10.1. The van der Waals surface area contributed by atoms with Crippen LogP contribution in [0.3, 0.4) is 0 Å². The zero-order valence-electron chi connectivity index (χ0n) is 7.69. The van der Waals surface area contributed by atoms with Gasteiger partial charge in [-0.1, -0.05) is 0 Å². The number of hydrogen-bond donors (Lipinski definition) is 1. The van der Waals surface area contributed by atoms with Crippen molar-refractivity contribution in [3.8, 4) is 11.5 Å². The van der Waals surface area contributed by atoms with E-state index in [9.17, 15) is 4.79 Å². The molecular formula is C10H10O4. The highest BCUT2D eigenvalue weighted by Gasteiger charge is 2.28. The molecule has 1 N–H and O–H groups in total. The molecule has 0 fully saturated rings. The molecule has 1 heterocycles. The van der Waals surface area contributed by atoms with Crippen molar-refractivity contribution in [1.29, 1.82) is 0 Å². The molecule has 1 unspecified atom stereocenters. The Hall–Kier alpha value is -1.71. The Labute approximate surface area is 81.1 Å². The Morgan fingerprint density at radius 3 is 3.07 bits per heavy atom. The van der Waals surface area contributed by atoms with Crippen LogP contribution < -0.4 is 9.47 Å². The van der Waals surface area contributed by atoms with Crippen LogP contribution in [0.15, 0.2) is 18.2 Å². The van der Waals surface area contributed by atoms with Crippen molar-refractivity contribution < 1.29 is 19.4 Å². The van der Waals surface area contributed by atoms with Gasteiger partial charge in [-0.25, -0.2) is 4.79 Å². The van der Waals surface area contributed by atoms with Crippen LogP contribution >= 0.6 is 0 Å². The summed E-state index contributed by atoms with van der Waals surface area (Å²) in [7, 11) is 1.58. The number of carboxylic acids is 1. The number of hydrogen-bond acceptors (Lipinski definition) is 3. The van der Waals surface area contributed by atoms with E-state index >= 15 is 0 Å². The van der Waals surface area contributed by atoms with Crippen LogP contribution in [0.1, 0.15) is 5.56 Å². The lowest BCUT2D eigenvalue weighted by Crippen LogP contribution is -2.24. The first-order chi connectivity index (χ1) is 6.70. The highest BCUT2D eigenvalue weighted by atomic mass is 16.5. The number of rotatable bonds is 2. The third-order valence-corrected chi connectivity index (χ3v) is 2.22. The summed E-state index contributed by atoms with van der Waals surface area (Å²) >= 11 is 0. The van der Waals surface area contributed by atoms with E-state index in [0.29, 0.717) is 12.2 Å². The highest BCUT2D eigenvalue weighted by molar-refractivity contribution is 5.74. The molecule has 1 aliphatic heterocycles. The summed E-state index contributed by atoms with van der Waals surface area (Å²) in [6.45, 7) is 0. The monoisotopic (exact) mass is 194 g/mol. The Bertz CT molecular complexity index is 372. The van der Waals surface area contributed by atoms with Gasteiger partial charge in [0.2, 0.25) is 0 Å². The second-order valence-electron chi connectivity index (χ2n) is 3.12. The highest BCUT2D eigenvalue weighted by Crippen LogP contribution is 2.31. The first kappa shape index (κ1) is 8.87. The average Bonchev–Trinajstić information content (AvgIpc) is 2.59. The second-order valence-corrected chi connectivity index (χ2v) is 3.12. The molecule has 1 atom stereocenters. The second kappa shape index (κ2) is 3.21. The van der Waals surface area contributed by atoms with Gasteiger partial charge < -0.3 is 14.6 Å². The molecule has 0 saturated heterocycles. The minimum absolute atomic E-state index is 0.405. The summed E-state index contributed by atoms with van der Waals surface area (Å²) in [6.07, 6.45) is -0.348. The molecule has 0 aliphatic carbocycles. The largest absolute Gasteiger partial charge is 0.497 e. The fourth-order valence-corrected chi connectivity index (χ4v) is 1.49. The van der Waals surface area contributed by atoms with Gasteiger partial charge in [-0.05, 0) is 18.2 Å². The normalized spacial score (nSPS) is 18.5. The summed E-state index contributed by atoms with van der Waals surface area (Å²) in [5, 5.41) is 8.76. The van der Waals surface area contributed by atoms with E-state index in [4.69, 9.17) is 14.6 Å². The summed E-state index contributed by atoms with van der Waals surface area (Å²) in [6, 6.07) is 5.29. The van der Waals surface area contributed by atoms with Crippen LogP contribution in [0.4, 0.5) is 0 Å². The number of benzene rings is 1. The molecule has 2 rings (SSSR count). The van der Waals surface area contributed by atoms with Crippen molar-refractivity contribution in [2.24, 2.45) is 0 Å². The smallest absolute Gasteiger partial charge is 0.345 e. The predicted molar refractivity (Wildman–Crippen MR) is 48.7 cm³/mol. The maximum Gasteiger partial charge on any atom is 0.345 e. The van der Waals surface area contributed by atoms with Gasteiger partial charge in [0, 0.05) is 12.0 Å². The van der Waals surface area contributed by atoms with Crippen molar-refractivity contribution in [2.75, 3.05) is 7.11 Å². The van der Waals surface area contributed by atoms with Gasteiger partial charge in [-0.2, -0.15) is 0 Å². The van der Waals surface area contributed by atoms with Crippen LogP contribution in [0.25, 0.3) is 0 Å². The number of methoxy groups -OCH3 is 1. The molecule has 0 spiro atoms. The molecule has 0 bridgehead atoms. The van der Waals surface area contributed by atoms with E-state index in [2.05, 4.69) is 0 Å². The summed E-state index contributed by atoms with van der Waals surface area (Å²) in [4.78, 5) is 10.7. The lowest BCUT2D eigenvalue weighted by Gasteiger charge is -2.03. The Balaban J connectivity index is 2.27. The van der Waals surface area contributed by atoms with Crippen molar-refractivity contribution in [3.05, 3.63) is 23.8 Å². The van der Waals surface area contributed by atoms with Gasteiger partial charge in [0.05, 0.1) is 7.11 Å². The number of carboxylic acid groups (broad SMARTS) is 1. The molecule has 0 saturated carbocycles. The third-order valence-electron chi connectivity index (χ3n) is 2.22. The maximum atomic E-state index is 10.7. The van der Waals surface area contributed by atoms with Gasteiger partial charge in [0.15, 0.2) is 6.10 Å². The van der Waals surface area contributed by atoms with Gasteiger partial charge in [0.1, 0.15) is 11.5 Å². The first-order valence-corrected chi connectivity index (χ1v) is 4.27. The molecule has 0 aromatic heterocycles. The summed E-state index contributed by atoms with van der Waals surface area (Å²) in [5.74, 6) is 0.428. The fourth-order valence-electron chi connectivity index (χ4n) is 1.49. The Kier molecular flexibility index (Phi) is 2.04. The molecule has 0 radical (unpaired) electrons. The van der Waals surface area contributed by atoms with Crippen LogP contribution in [0, 0.1) is 0 Å². The van der Waals surface area contributed by atoms with Crippen LogP contribution in [0.5, 0.6) is 11.5 Å². The molecular weight excluding hydrogens is 184 g/mol. The number of ether oxygens (including phenoxy) is 2. The first-order valence-electron chi connectivity index (χ1n) is 4.27. The molecule has 4 heteroatoms. The zero-order chi connectivity index (χ0) is 10.1. The predicted octanol–water partition coefficient (Wildman–Crippen LogP) is 1.08.